The summed E-state index contributed by atoms with van der Waals surface area (Å²) in [6.07, 6.45) is 0.834. The molecule has 0 radical (unpaired) electrons. The third kappa shape index (κ3) is 3.85. The third-order valence-electron chi connectivity index (χ3n) is 3.38. The van der Waals surface area contributed by atoms with Crippen molar-refractivity contribution in [1.29, 1.82) is 0 Å². The minimum Gasteiger partial charge on any atom is -0.459 e. The van der Waals surface area contributed by atoms with E-state index < -0.39 is 22.5 Å². The highest BCUT2D eigenvalue weighted by atomic mass is 32.1. The zero-order valence-corrected chi connectivity index (χ0v) is 15.3. The van der Waals surface area contributed by atoms with Crippen LogP contribution in [0.15, 0.2) is 6.20 Å². The fourth-order valence-electron chi connectivity index (χ4n) is 2.17. The van der Waals surface area contributed by atoms with Gasteiger partial charge >= 0.3 is 11.7 Å². The lowest BCUT2D eigenvalue weighted by atomic mass is 10.1. The first-order valence-electron chi connectivity index (χ1n) is 7.42. The number of ether oxygens (including phenoxy) is 1. The summed E-state index contributed by atoms with van der Waals surface area (Å²) in [7, 11) is 1.48. The van der Waals surface area contributed by atoms with E-state index in [0.717, 1.165) is 11.1 Å². The smallest absolute Gasteiger partial charge is 0.341 e. The fraction of sp³-hybridized carbons (Fsp3) is 0.400. The minimum atomic E-state index is -0.757. The van der Waals surface area contributed by atoms with Gasteiger partial charge in [-0.3, -0.25) is 19.6 Å². The molecule has 0 aromatic carbocycles. The number of hydrogen-bond donors (Lipinski definition) is 1. The molecule has 0 saturated carbocycles. The molecule has 0 aliphatic rings. The molecule has 1 N–H and O–H groups in total. The van der Waals surface area contributed by atoms with Crippen LogP contribution in [-0.4, -0.2) is 32.7 Å². The Morgan fingerprint density at radius 1 is 1.40 bits per heavy atom. The van der Waals surface area contributed by atoms with Crippen LogP contribution in [0, 0.1) is 24.0 Å². The number of thiophene rings is 1. The first kappa shape index (κ1) is 18.6. The van der Waals surface area contributed by atoms with E-state index in [2.05, 4.69) is 10.4 Å². The number of hydrogen-bond acceptors (Lipinski definition) is 7. The maximum atomic E-state index is 12.4. The first-order valence-corrected chi connectivity index (χ1v) is 8.23. The van der Waals surface area contributed by atoms with Crippen LogP contribution in [0.2, 0.25) is 0 Å². The van der Waals surface area contributed by atoms with E-state index in [0.29, 0.717) is 5.56 Å². The second-order valence-electron chi connectivity index (χ2n) is 5.69. The Kier molecular flexibility index (Phi) is 5.21. The fourth-order valence-corrected chi connectivity index (χ4v) is 3.21. The first-order chi connectivity index (χ1) is 11.6. The molecule has 0 aliphatic carbocycles. The van der Waals surface area contributed by atoms with Gasteiger partial charge in [-0.1, -0.05) is 0 Å². The molecule has 2 rings (SSSR count). The van der Waals surface area contributed by atoms with Crippen molar-refractivity contribution < 1.29 is 19.2 Å². The van der Waals surface area contributed by atoms with E-state index in [9.17, 15) is 19.7 Å². The Balaban J connectivity index is 2.38. The summed E-state index contributed by atoms with van der Waals surface area (Å²) < 4.78 is 6.40. The molecule has 0 unspecified atom stereocenters. The maximum Gasteiger partial charge on any atom is 0.341 e. The van der Waals surface area contributed by atoms with E-state index in [1.54, 1.807) is 20.8 Å². The summed E-state index contributed by atoms with van der Waals surface area (Å²) >= 11 is 1.20. The van der Waals surface area contributed by atoms with Gasteiger partial charge in [0.1, 0.15) is 11.2 Å². The second kappa shape index (κ2) is 7.01. The van der Waals surface area contributed by atoms with Crippen LogP contribution in [0.1, 0.15) is 45.1 Å². The van der Waals surface area contributed by atoms with Gasteiger partial charge in [-0.2, -0.15) is 5.10 Å². The second-order valence-corrected chi connectivity index (χ2v) is 6.91. The summed E-state index contributed by atoms with van der Waals surface area (Å²) in [6, 6.07) is 0. The highest BCUT2D eigenvalue weighted by molar-refractivity contribution is 7.16. The summed E-state index contributed by atoms with van der Waals surface area (Å²) in [5.74, 6) is -1.31. The van der Waals surface area contributed by atoms with Gasteiger partial charge in [-0.15, -0.1) is 11.3 Å². The van der Waals surface area contributed by atoms with Crippen LogP contribution in [0.5, 0.6) is 0 Å². The number of amides is 1. The van der Waals surface area contributed by atoms with Gasteiger partial charge in [-0.05, 0) is 33.3 Å². The Hall–Kier alpha value is -2.75. The largest absolute Gasteiger partial charge is 0.459 e. The van der Waals surface area contributed by atoms with Gasteiger partial charge in [0.25, 0.3) is 5.91 Å². The number of anilines is 1. The van der Waals surface area contributed by atoms with Crippen molar-refractivity contribution in [2.45, 2.75) is 33.8 Å². The van der Waals surface area contributed by atoms with Crippen molar-refractivity contribution in [1.82, 2.24) is 9.78 Å². The number of esters is 1. The topological polar surface area (TPSA) is 116 Å². The highest BCUT2D eigenvalue weighted by Gasteiger charge is 2.28. The number of nitrogens with one attached hydrogen (secondary N) is 1. The Bertz CT molecular complexity index is 852. The molecule has 0 saturated heterocycles. The predicted molar refractivity (Wildman–Crippen MR) is 92.2 cm³/mol. The molecule has 2 aromatic rings. The number of aryl methyl sites for hydroxylation is 2. The van der Waals surface area contributed by atoms with Crippen molar-refractivity contribution in [2.24, 2.45) is 7.05 Å². The Morgan fingerprint density at radius 3 is 2.60 bits per heavy atom. The van der Waals surface area contributed by atoms with Crippen LogP contribution in [0.25, 0.3) is 0 Å². The van der Waals surface area contributed by atoms with Gasteiger partial charge in [-0.25, -0.2) is 4.79 Å². The summed E-state index contributed by atoms with van der Waals surface area (Å²) in [5.41, 5.74) is 0.222. The average Bonchev–Trinajstić information content (AvgIpc) is 3.00. The predicted octanol–water partition coefficient (Wildman–Crippen LogP) is 2.82. The molecule has 0 spiro atoms. The molecule has 9 nitrogen and oxygen atoms in total. The molecule has 2 aromatic heterocycles. The zero-order chi connectivity index (χ0) is 18.9. The molecule has 2 heterocycles. The SMILES string of the molecule is Cc1sc(NC(=O)c2nn(C)cc2[N+](=O)[O-])c(C(=O)OC(C)C)c1C. The van der Waals surface area contributed by atoms with E-state index in [4.69, 9.17) is 4.74 Å². The number of carbonyl (C=O) groups excluding carboxylic acids is 2. The molecule has 0 atom stereocenters. The number of carbonyl (C=O) groups is 2. The van der Waals surface area contributed by atoms with Crippen molar-refractivity contribution >= 4 is 33.9 Å². The quantitative estimate of drug-likeness (QED) is 0.494. The third-order valence-corrected chi connectivity index (χ3v) is 4.50. The molecule has 0 bridgehead atoms. The highest BCUT2D eigenvalue weighted by Crippen LogP contribution is 2.34. The van der Waals surface area contributed by atoms with Crippen molar-refractivity contribution in [3.63, 3.8) is 0 Å². The maximum absolute atomic E-state index is 12.4. The van der Waals surface area contributed by atoms with Crippen LogP contribution in [0.4, 0.5) is 10.7 Å². The summed E-state index contributed by atoms with van der Waals surface area (Å²) in [4.78, 5) is 35.9. The molecule has 134 valence electrons. The van der Waals surface area contributed by atoms with Gasteiger partial charge < -0.3 is 10.1 Å². The van der Waals surface area contributed by atoms with Gasteiger partial charge in [0, 0.05) is 11.9 Å². The van der Waals surface area contributed by atoms with Gasteiger partial charge in [0.2, 0.25) is 5.69 Å². The lowest BCUT2D eigenvalue weighted by Crippen LogP contribution is -2.18. The molecule has 10 heteroatoms. The molecule has 1 amide bonds. The standard InChI is InChI=1S/C15H18N4O5S/c1-7(2)24-15(21)11-8(3)9(4)25-14(11)16-13(20)12-10(19(22)23)6-18(5)17-12/h6-7H,1-5H3,(H,16,20). The molecular formula is C15H18N4O5S. The van der Waals surface area contributed by atoms with Crippen molar-refractivity contribution in [3.05, 3.63) is 38.0 Å². The molecule has 0 aliphatic heterocycles. The summed E-state index contributed by atoms with van der Waals surface area (Å²) in [5, 5.41) is 17.7. The van der Waals surface area contributed by atoms with Crippen molar-refractivity contribution in [2.75, 3.05) is 5.32 Å². The number of rotatable bonds is 5. The zero-order valence-electron chi connectivity index (χ0n) is 14.4. The van der Waals surface area contributed by atoms with E-state index >= 15 is 0 Å². The minimum absolute atomic E-state index is 0.253. The monoisotopic (exact) mass is 366 g/mol. The molecule has 25 heavy (non-hydrogen) atoms. The lowest BCUT2D eigenvalue weighted by molar-refractivity contribution is -0.385. The van der Waals surface area contributed by atoms with Gasteiger partial charge in [0.15, 0.2) is 0 Å². The Morgan fingerprint density at radius 2 is 2.04 bits per heavy atom. The lowest BCUT2D eigenvalue weighted by Gasteiger charge is -2.10. The average molecular weight is 366 g/mol. The van der Waals surface area contributed by atoms with Crippen molar-refractivity contribution in [3.8, 4) is 0 Å². The normalized spacial score (nSPS) is 10.8. The molecular weight excluding hydrogens is 348 g/mol. The van der Waals surface area contributed by atoms with E-state index in [-0.39, 0.29) is 22.4 Å². The van der Waals surface area contributed by atoms with Crippen LogP contribution >= 0.6 is 11.3 Å². The Labute approximate surface area is 147 Å². The van der Waals surface area contributed by atoms with Crippen LogP contribution < -0.4 is 5.32 Å². The van der Waals surface area contributed by atoms with Crippen LogP contribution in [0.3, 0.4) is 0 Å². The van der Waals surface area contributed by atoms with Gasteiger partial charge in [0.05, 0.1) is 16.6 Å². The van der Waals surface area contributed by atoms with E-state index in [1.807, 2.05) is 6.92 Å². The molecule has 0 fully saturated rings. The number of nitro groups is 1. The van der Waals surface area contributed by atoms with E-state index in [1.165, 1.54) is 23.1 Å². The van der Waals surface area contributed by atoms with Crippen LogP contribution in [-0.2, 0) is 11.8 Å². The number of nitrogens with zero attached hydrogens (tertiary/aromatic N) is 3. The number of aromatic nitrogens is 2. The summed E-state index contributed by atoms with van der Waals surface area (Å²) in [6.45, 7) is 7.01.